The number of aromatic nitrogens is 4. The molecule has 0 saturated heterocycles. The minimum Gasteiger partial charge on any atom is -0.384 e. The van der Waals surface area contributed by atoms with E-state index in [9.17, 15) is 5.11 Å². The Hall–Kier alpha value is -2.41. The molecule has 0 fully saturated rings. The third-order valence-corrected chi connectivity index (χ3v) is 3.75. The molecule has 0 atom stereocenters. The Morgan fingerprint density at radius 3 is 2.83 bits per heavy atom. The molecule has 0 aliphatic carbocycles. The Balaban J connectivity index is 2.02. The summed E-state index contributed by atoms with van der Waals surface area (Å²) in [6.07, 6.45) is 5.40. The summed E-state index contributed by atoms with van der Waals surface area (Å²) >= 11 is 0. The molecule has 0 bridgehead atoms. The van der Waals surface area contributed by atoms with Gasteiger partial charge in [-0.05, 0) is 30.9 Å². The van der Waals surface area contributed by atoms with E-state index in [0.29, 0.717) is 12.2 Å². The Labute approximate surface area is 135 Å². The Bertz CT molecular complexity index is 810. The number of nitrogens with one attached hydrogen (secondary N) is 1. The molecule has 0 unspecified atom stereocenters. The molecule has 0 aliphatic rings. The number of anilines is 1. The summed E-state index contributed by atoms with van der Waals surface area (Å²) in [5.74, 6) is 0.802. The molecule has 118 valence electrons. The van der Waals surface area contributed by atoms with Gasteiger partial charge in [0, 0.05) is 31.2 Å². The van der Waals surface area contributed by atoms with E-state index in [1.165, 1.54) is 0 Å². The molecule has 2 N–H and O–H groups in total. The van der Waals surface area contributed by atoms with E-state index in [1.54, 1.807) is 24.6 Å². The summed E-state index contributed by atoms with van der Waals surface area (Å²) in [5, 5.41) is 18.1. The monoisotopic (exact) mass is 309 g/mol. The smallest absolute Gasteiger partial charge is 0.161 e. The molecule has 6 nitrogen and oxygen atoms in total. The minimum atomic E-state index is -1.01. The summed E-state index contributed by atoms with van der Waals surface area (Å²) in [6, 6.07) is 5.76. The van der Waals surface area contributed by atoms with E-state index in [2.05, 4.69) is 27.2 Å². The van der Waals surface area contributed by atoms with E-state index in [1.807, 2.05) is 30.6 Å². The van der Waals surface area contributed by atoms with Crippen molar-refractivity contribution < 1.29 is 5.11 Å². The fourth-order valence-electron chi connectivity index (χ4n) is 2.39. The summed E-state index contributed by atoms with van der Waals surface area (Å²) in [4.78, 5) is 8.71. The zero-order valence-electron chi connectivity index (χ0n) is 13.6. The van der Waals surface area contributed by atoms with Gasteiger partial charge < -0.3 is 10.4 Å². The van der Waals surface area contributed by atoms with Crippen molar-refractivity contribution in [3.8, 4) is 0 Å². The number of hydrogen-bond acceptors (Lipinski definition) is 5. The van der Waals surface area contributed by atoms with Crippen molar-refractivity contribution >= 4 is 24.2 Å². The highest BCUT2D eigenvalue weighted by molar-refractivity contribution is 6.54. The average molecular weight is 309 g/mol. The number of nitrogens with zero attached hydrogens (tertiary/aromatic N) is 4. The van der Waals surface area contributed by atoms with Crippen LogP contribution in [-0.4, -0.2) is 32.0 Å². The maximum absolute atomic E-state index is 10.3. The lowest BCUT2D eigenvalue weighted by Crippen LogP contribution is -2.21. The summed E-state index contributed by atoms with van der Waals surface area (Å²) in [5.41, 5.74) is 2.52. The molecule has 0 aromatic carbocycles. The molecule has 0 spiro atoms. The van der Waals surface area contributed by atoms with Gasteiger partial charge in [-0.2, -0.15) is 9.61 Å². The third kappa shape index (κ3) is 3.19. The highest BCUT2D eigenvalue weighted by atomic mass is 16.3. The van der Waals surface area contributed by atoms with Crippen molar-refractivity contribution in [3.63, 3.8) is 0 Å². The molecule has 3 rings (SSSR count). The van der Waals surface area contributed by atoms with Gasteiger partial charge in [0.25, 0.3) is 0 Å². The highest BCUT2D eigenvalue weighted by Gasteiger charge is 2.21. The lowest BCUT2D eigenvalue weighted by molar-refractivity contribution is 0.0740. The van der Waals surface area contributed by atoms with Crippen molar-refractivity contribution in [3.05, 3.63) is 48.0 Å². The Morgan fingerprint density at radius 1 is 1.35 bits per heavy atom. The largest absolute Gasteiger partial charge is 0.384 e. The van der Waals surface area contributed by atoms with E-state index < -0.39 is 5.60 Å². The van der Waals surface area contributed by atoms with Crippen molar-refractivity contribution in [1.82, 2.24) is 19.6 Å². The molecule has 3 aromatic rings. The summed E-state index contributed by atoms with van der Waals surface area (Å²) in [7, 11) is 0.841. The third-order valence-electron chi connectivity index (χ3n) is 3.75. The van der Waals surface area contributed by atoms with Gasteiger partial charge in [-0.15, -0.1) is 0 Å². The number of pyridine rings is 1. The first kappa shape index (κ1) is 15.5. The molecule has 3 aromatic heterocycles. The molecular formula is C16H20BN5O. The van der Waals surface area contributed by atoms with Crippen molar-refractivity contribution in [1.29, 1.82) is 0 Å². The van der Waals surface area contributed by atoms with E-state index in [0.717, 1.165) is 29.8 Å². The van der Waals surface area contributed by atoms with Crippen LogP contribution in [0.2, 0.25) is 6.82 Å². The number of hydrogen-bond donors (Lipinski definition) is 2. The maximum Gasteiger partial charge on any atom is 0.161 e. The molecule has 0 amide bonds. The van der Waals surface area contributed by atoms with Crippen LogP contribution in [-0.2, 0) is 12.1 Å². The van der Waals surface area contributed by atoms with Gasteiger partial charge in [0.05, 0.1) is 5.69 Å². The SMILES string of the molecule is CBc1cnn2c(NCc3cccnc3)cc(C(C)(C)O)nc12. The normalized spacial score (nSPS) is 11.7. The van der Waals surface area contributed by atoms with Gasteiger partial charge in [-0.1, -0.05) is 12.9 Å². The lowest BCUT2D eigenvalue weighted by Gasteiger charge is -2.19. The van der Waals surface area contributed by atoms with Crippen LogP contribution in [0.1, 0.15) is 25.1 Å². The zero-order valence-corrected chi connectivity index (χ0v) is 13.6. The molecule has 0 saturated carbocycles. The van der Waals surface area contributed by atoms with Gasteiger partial charge in [0.2, 0.25) is 0 Å². The maximum atomic E-state index is 10.3. The van der Waals surface area contributed by atoms with Crippen LogP contribution in [0.15, 0.2) is 36.8 Å². The van der Waals surface area contributed by atoms with E-state index in [-0.39, 0.29) is 0 Å². The fraction of sp³-hybridized carbons (Fsp3) is 0.312. The first-order chi connectivity index (χ1) is 11.0. The van der Waals surface area contributed by atoms with Crippen LogP contribution < -0.4 is 10.8 Å². The van der Waals surface area contributed by atoms with Crippen LogP contribution in [0.25, 0.3) is 5.65 Å². The standard InChI is InChI=1S/C16H20BN5O/c1-16(2,23)13-7-14(19-9-11-5-4-6-18-8-11)22-15(21-13)12(17-3)10-20-22/h4-8,10,17,19,23H,9H2,1-3H3. The molecule has 0 radical (unpaired) electrons. The lowest BCUT2D eigenvalue weighted by atomic mass is 9.75. The second-order valence-corrected chi connectivity index (χ2v) is 6.06. The molecule has 3 heterocycles. The number of fused-ring (bicyclic) bond motifs is 1. The topological polar surface area (TPSA) is 75.3 Å². The van der Waals surface area contributed by atoms with E-state index >= 15 is 0 Å². The quantitative estimate of drug-likeness (QED) is 0.690. The van der Waals surface area contributed by atoms with Gasteiger partial charge in [0.15, 0.2) is 12.9 Å². The van der Waals surface area contributed by atoms with Crippen LogP contribution in [0.3, 0.4) is 0 Å². The zero-order chi connectivity index (χ0) is 16.4. The van der Waals surface area contributed by atoms with Crippen LogP contribution in [0, 0.1) is 0 Å². The molecule has 23 heavy (non-hydrogen) atoms. The Kier molecular flexibility index (Phi) is 4.04. The average Bonchev–Trinajstić information content (AvgIpc) is 2.96. The molecule has 7 heteroatoms. The minimum absolute atomic E-state index is 0.619. The predicted octanol–water partition coefficient (Wildman–Crippen LogP) is 1.07. The fourth-order valence-corrected chi connectivity index (χ4v) is 2.39. The van der Waals surface area contributed by atoms with Crippen LogP contribution >= 0.6 is 0 Å². The van der Waals surface area contributed by atoms with Crippen molar-refractivity contribution in [2.24, 2.45) is 0 Å². The van der Waals surface area contributed by atoms with Crippen LogP contribution in [0.5, 0.6) is 0 Å². The van der Waals surface area contributed by atoms with Crippen molar-refractivity contribution in [2.75, 3.05) is 5.32 Å². The van der Waals surface area contributed by atoms with Crippen LogP contribution in [0.4, 0.5) is 5.82 Å². The molecular weight excluding hydrogens is 289 g/mol. The van der Waals surface area contributed by atoms with Gasteiger partial charge in [0.1, 0.15) is 11.4 Å². The summed E-state index contributed by atoms with van der Waals surface area (Å²) in [6.45, 7) is 6.16. The molecule has 0 aliphatic heterocycles. The Morgan fingerprint density at radius 2 is 2.17 bits per heavy atom. The first-order valence-electron chi connectivity index (χ1n) is 7.72. The van der Waals surface area contributed by atoms with Gasteiger partial charge in [-0.25, -0.2) is 4.98 Å². The second kappa shape index (κ2) is 6.00. The summed E-state index contributed by atoms with van der Waals surface area (Å²) < 4.78 is 1.78. The van der Waals surface area contributed by atoms with Gasteiger partial charge >= 0.3 is 0 Å². The second-order valence-electron chi connectivity index (χ2n) is 6.06. The highest BCUT2D eigenvalue weighted by Crippen LogP contribution is 2.22. The predicted molar refractivity (Wildman–Crippen MR) is 92.4 cm³/mol. The number of rotatable bonds is 5. The van der Waals surface area contributed by atoms with Crippen molar-refractivity contribution in [2.45, 2.75) is 32.8 Å². The van der Waals surface area contributed by atoms with Gasteiger partial charge in [-0.3, -0.25) is 4.98 Å². The van der Waals surface area contributed by atoms with E-state index in [4.69, 9.17) is 0 Å². The number of aliphatic hydroxyl groups is 1. The first-order valence-corrected chi connectivity index (χ1v) is 7.72.